The summed E-state index contributed by atoms with van der Waals surface area (Å²) in [7, 11) is 0. The van der Waals surface area contributed by atoms with Gasteiger partial charge in [-0.05, 0) is 141 Å². The van der Waals surface area contributed by atoms with Gasteiger partial charge >= 0.3 is 0 Å². The third-order valence-corrected chi connectivity index (χ3v) is 9.02. The molecule has 0 aliphatic carbocycles. The molecular weight excluding hydrogens is 631 g/mol. The second kappa shape index (κ2) is 20.1. The Balaban J connectivity index is 1.39. The van der Waals surface area contributed by atoms with Crippen LogP contribution in [-0.2, 0) is 0 Å². The lowest BCUT2D eigenvalue weighted by Gasteiger charge is -2.26. The van der Waals surface area contributed by atoms with Crippen LogP contribution in [0.15, 0.2) is 121 Å². The summed E-state index contributed by atoms with van der Waals surface area (Å²) in [6, 6.07) is 42.8. The molecule has 2 N–H and O–H groups in total. The second-order valence-electron chi connectivity index (χ2n) is 13.2. The van der Waals surface area contributed by atoms with Gasteiger partial charge in [-0.3, -0.25) is 0 Å². The van der Waals surface area contributed by atoms with Crippen molar-refractivity contribution < 1.29 is 19.7 Å². The molecule has 0 heterocycles. The Hall–Kier alpha value is -4.84. The molecule has 0 spiro atoms. The Kier molecular flexibility index (Phi) is 14.8. The summed E-state index contributed by atoms with van der Waals surface area (Å²) in [6.45, 7) is 6.08. The molecule has 5 aromatic rings. The Labute approximate surface area is 304 Å². The van der Waals surface area contributed by atoms with Crippen LogP contribution >= 0.6 is 0 Å². The van der Waals surface area contributed by atoms with E-state index in [-0.39, 0.29) is 13.2 Å². The number of aliphatic hydroxyl groups is 2. The molecule has 0 aliphatic heterocycles. The molecule has 0 radical (unpaired) electrons. The first-order valence-corrected chi connectivity index (χ1v) is 18.5. The van der Waals surface area contributed by atoms with Crippen molar-refractivity contribution in [2.45, 2.75) is 65.2 Å². The van der Waals surface area contributed by atoms with Gasteiger partial charge < -0.3 is 24.6 Å². The van der Waals surface area contributed by atoms with Crippen LogP contribution in [0.25, 0.3) is 11.6 Å². The number of aryl methyl sites for hydroxylation is 2. The van der Waals surface area contributed by atoms with E-state index in [1.54, 1.807) is 0 Å². The van der Waals surface area contributed by atoms with Crippen molar-refractivity contribution in [1.82, 2.24) is 0 Å². The van der Waals surface area contributed by atoms with Gasteiger partial charge in [0.05, 0.1) is 13.2 Å². The van der Waals surface area contributed by atoms with E-state index in [1.807, 2.05) is 0 Å². The summed E-state index contributed by atoms with van der Waals surface area (Å²) in [6.07, 6.45) is 10.1. The molecule has 0 fully saturated rings. The summed E-state index contributed by atoms with van der Waals surface area (Å²) in [5.74, 6) is 1.72. The Morgan fingerprint density at radius 3 is 1.24 bits per heavy atom. The van der Waals surface area contributed by atoms with Gasteiger partial charge in [0.2, 0.25) is 0 Å². The Bertz CT molecular complexity index is 1640. The van der Waals surface area contributed by atoms with Crippen molar-refractivity contribution in [1.29, 1.82) is 0 Å². The van der Waals surface area contributed by atoms with Crippen molar-refractivity contribution in [2.75, 3.05) is 31.3 Å². The molecular formula is C46H53NO4. The van der Waals surface area contributed by atoms with Gasteiger partial charge in [-0.25, -0.2) is 0 Å². The van der Waals surface area contributed by atoms with Gasteiger partial charge in [-0.1, -0.05) is 84.6 Å². The average Bonchev–Trinajstić information content (AvgIpc) is 3.16. The molecule has 0 atom stereocenters. The highest BCUT2D eigenvalue weighted by Gasteiger charge is 2.13. The zero-order valence-electron chi connectivity index (χ0n) is 30.3. The fraction of sp³-hybridized carbons (Fsp3) is 0.304. The van der Waals surface area contributed by atoms with Crippen molar-refractivity contribution in [2.24, 2.45) is 0 Å². The van der Waals surface area contributed by atoms with E-state index < -0.39 is 0 Å². The fourth-order valence-electron chi connectivity index (χ4n) is 6.03. The number of hydrogen-bond donors (Lipinski definition) is 2. The van der Waals surface area contributed by atoms with Gasteiger partial charge in [0, 0.05) is 30.3 Å². The van der Waals surface area contributed by atoms with E-state index >= 15 is 0 Å². The molecule has 0 unspecified atom stereocenters. The monoisotopic (exact) mass is 683 g/mol. The first-order valence-electron chi connectivity index (χ1n) is 18.5. The van der Waals surface area contributed by atoms with Gasteiger partial charge in [0.15, 0.2) is 0 Å². The van der Waals surface area contributed by atoms with Gasteiger partial charge in [-0.15, -0.1) is 0 Å². The molecule has 5 aromatic carbocycles. The van der Waals surface area contributed by atoms with E-state index in [1.165, 1.54) is 11.1 Å². The lowest BCUT2D eigenvalue weighted by atomic mass is 9.95. The fourth-order valence-corrected chi connectivity index (χ4v) is 6.03. The number of ether oxygens (including phenoxy) is 2. The zero-order chi connectivity index (χ0) is 35.7. The summed E-state index contributed by atoms with van der Waals surface area (Å²) in [4.78, 5) is 2.30. The van der Waals surface area contributed by atoms with Crippen molar-refractivity contribution in [3.8, 4) is 11.5 Å². The van der Waals surface area contributed by atoms with E-state index in [2.05, 4.69) is 146 Å². The van der Waals surface area contributed by atoms with Crippen LogP contribution in [0, 0.1) is 13.8 Å². The van der Waals surface area contributed by atoms with Crippen LogP contribution in [0.3, 0.4) is 0 Å². The maximum Gasteiger partial charge on any atom is 0.119 e. The van der Waals surface area contributed by atoms with Crippen LogP contribution in [0.5, 0.6) is 11.5 Å². The summed E-state index contributed by atoms with van der Waals surface area (Å²) in [5.41, 5.74) is 10.2. The standard InChI is InChI=1S/C46H53NO4/c1-36-11-21-41(22-12-36)47(42-23-13-37(2)14-24-42)43-25-15-38(16-26-43)35-46(39-17-27-44(28-18-39)50-33-9-5-3-7-31-48)40-19-29-45(30-20-40)51-34-10-6-4-8-32-49/h11-30,35,48-49H,3-10,31-34H2,1-2H3. The molecule has 0 bridgehead atoms. The zero-order valence-corrected chi connectivity index (χ0v) is 30.3. The SMILES string of the molecule is Cc1ccc(N(c2ccc(C)cc2)c2ccc(C=C(c3ccc(OCCCCCCO)cc3)c3ccc(OCCCCCCO)cc3)cc2)cc1. The smallest absolute Gasteiger partial charge is 0.119 e. The number of rotatable bonds is 20. The molecule has 5 nitrogen and oxygen atoms in total. The molecule has 0 aromatic heterocycles. The topological polar surface area (TPSA) is 62.2 Å². The minimum atomic E-state index is 0.253. The molecule has 0 saturated carbocycles. The van der Waals surface area contributed by atoms with E-state index in [0.29, 0.717) is 13.2 Å². The summed E-state index contributed by atoms with van der Waals surface area (Å²) < 4.78 is 12.1. The van der Waals surface area contributed by atoms with Crippen LogP contribution in [-0.4, -0.2) is 36.6 Å². The Morgan fingerprint density at radius 1 is 0.471 bits per heavy atom. The van der Waals surface area contributed by atoms with Crippen LogP contribution in [0.1, 0.15) is 79.2 Å². The number of unbranched alkanes of at least 4 members (excludes halogenated alkanes) is 6. The third kappa shape index (κ3) is 11.6. The van der Waals surface area contributed by atoms with E-state index in [4.69, 9.17) is 19.7 Å². The normalized spacial score (nSPS) is 10.9. The largest absolute Gasteiger partial charge is 0.494 e. The first-order chi connectivity index (χ1) is 25.0. The quantitative estimate of drug-likeness (QED) is 0.0631. The molecule has 51 heavy (non-hydrogen) atoms. The number of nitrogens with zero attached hydrogens (tertiary/aromatic N) is 1. The first kappa shape index (κ1) is 37.4. The predicted molar refractivity (Wildman–Crippen MR) is 213 cm³/mol. The maximum absolute atomic E-state index is 9.01. The van der Waals surface area contributed by atoms with E-state index in [9.17, 15) is 0 Å². The van der Waals surface area contributed by atoms with Crippen molar-refractivity contribution >= 4 is 28.7 Å². The summed E-state index contributed by atoms with van der Waals surface area (Å²) >= 11 is 0. The molecule has 0 aliphatic rings. The number of benzene rings is 5. The number of anilines is 3. The van der Waals surface area contributed by atoms with Gasteiger partial charge in [-0.2, -0.15) is 0 Å². The van der Waals surface area contributed by atoms with Crippen LogP contribution in [0.2, 0.25) is 0 Å². The lowest BCUT2D eigenvalue weighted by molar-refractivity contribution is 0.273. The highest BCUT2D eigenvalue weighted by Crippen LogP contribution is 2.36. The third-order valence-electron chi connectivity index (χ3n) is 9.02. The average molecular weight is 684 g/mol. The van der Waals surface area contributed by atoms with Crippen LogP contribution < -0.4 is 14.4 Å². The van der Waals surface area contributed by atoms with E-state index in [0.717, 1.165) is 102 Å². The number of aliphatic hydroxyl groups excluding tert-OH is 2. The van der Waals surface area contributed by atoms with Gasteiger partial charge in [0.1, 0.15) is 11.5 Å². The molecule has 0 saturated heterocycles. The minimum Gasteiger partial charge on any atom is -0.494 e. The highest BCUT2D eigenvalue weighted by molar-refractivity contribution is 5.92. The van der Waals surface area contributed by atoms with Crippen molar-refractivity contribution in [3.05, 3.63) is 149 Å². The highest BCUT2D eigenvalue weighted by atomic mass is 16.5. The lowest BCUT2D eigenvalue weighted by Crippen LogP contribution is -2.09. The minimum absolute atomic E-state index is 0.253. The van der Waals surface area contributed by atoms with Crippen LogP contribution in [0.4, 0.5) is 17.1 Å². The summed E-state index contributed by atoms with van der Waals surface area (Å²) in [5, 5.41) is 18.0. The van der Waals surface area contributed by atoms with Gasteiger partial charge in [0.25, 0.3) is 0 Å². The second-order valence-corrected chi connectivity index (χ2v) is 13.2. The molecule has 5 rings (SSSR count). The molecule has 266 valence electrons. The maximum atomic E-state index is 9.01. The Morgan fingerprint density at radius 2 is 0.843 bits per heavy atom. The molecule has 5 heteroatoms. The predicted octanol–water partition coefficient (Wildman–Crippen LogP) is 11.2. The molecule has 0 amide bonds. The van der Waals surface area contributed by atoms with Crippen molar-refractivity contribution in [3.63, 3.8) is 0 Å². The number of hydrogen-bond acceptors (Lipinski definition) is 5.